The number of aromatic nitrogens is 1. The van der Waals surface area contributed by atoms with E-state index in [1.807, 2.05) is 40.0 Å². The van der Waals surface area contributed by atoms with Crippen LogP contribution in [-0.2, 0) is 37.3 Å². The molecule has 8 nitrogen and oxygen atoms in total. The summed E-state index contributed by atoms with van der Waals surface area (Å²) in [7, 11) is 1.99. The maximum atomic E-state index is 13.4. The monoisotopic (exact) mass is 443 g/mol. The van der Waals surface area contributed by atoms with E-state index in [9.17, 15) is 14.4 Å². The molecule has 1 saturated heterocycles. The van der Waals surface area contributed by atoms with E-state index in [0.717, 1.165) is 16.5 Å². The number of hydrogen-bond acceptors (Lipinski definition) is 5. The number of ether oxygens (including phenoxy) is 2. The molecular weight excluding hydrogens is 410 g/mol. The number of aryl methyl sites for hydroxylation is 1. The highest BCUT2D eigenvalue weighted by molar-refractivity contribution is 5.86. The second kappa shape index (κ2) is 10.2. The number of carbonyl (C=O) groups excluding carboxylic acids is 3. The minimum atomic E-state index is -0.810. The highest BCUT2D eigenvalue weighted by atomic mass is 16.7. The van der Waals surface area contributed by atoms with Gasteiger partial charge >= 0.3 is 5.97 Å². The lowest BCUT2D eigenvalue weighted by molar-refractivity contribution is -0.171. The molecule has 3 unspecified atom stereocenters. The average molecular weight is 444 g/mol. The molecule has 3 atom stereocenters. The van der Waals surface area contributed by atoms with Gasteiger partial charge in [0.2, 0.25) is 18.1 Å². The van der Waals surface area contributed by atoms with Gasteiger partial charge in [-0.15, -0.1) is 0 Å². The SMILES string of the molecule is CCOC1OC(=O)CC1N(CCc1cn(C)c2ccccc12)C(=O)CC(C(N)=O)C(C)C. The Morgan fingerprint density at radius 2 is 2.03 bits per heavy atom. The average Bonchev–Trinajstić information content (AvgIpc) is 3.26. The summed E-state index contributed by atoms with van der Waals surface area (Å²) in [6.45, 7) is 6.28. The summed E-state index contributed by atoms with van der Waals surface area (Å²) < 4.78 is 13.0. The number of benzene rings is 1. The molecule has 0 spiro atoms. The van der Waals surface area contributed by atoms with Crippen LogP contribution in [-0.4, -0.2) is 52.7 Å². The van der Waals surface area contributed by atoms with Crippen LogP contribution < -0.4 is 5.73 Å². The number of nitrogens with zero attached hydrogens (tertiary/aromatic N) is 2. The van der Waals surface area contributed by atoms with Crippen molar-refractivity contribution in [2.45, 2.75) is 52.4 Å². The Kier molecular flexibility index (Phi) is 7.56. The number of esters is 1. The number of nitrogens with two attached hydrogens (primary N) is 1. The topological polar surface area (TPSA) is 104 Å². The first kappa shape index (κ1) is 23.8. The fourth-order valence-electron chi connectivity index (χ4n) is 4.40. The van der Waals surface area contributed by atoms with Crippen LogP contribution in [0.3, 0.4) is 0 Å². The minimum absolute atomic E-state index is 0.00786. The Morgan fingerprint density at radius 3 is 2.69 bits per heavy atom. The number of fused-ring (bicyclic) bond motifs is 1. The second-order valence-electron chi connectivity index (χ2n) is 8.66. The van der Waals surface area contributed by atoms with Gasteiger partial charge in [-0.1, -0.05) is 32.0 Å². The lowest BCUT2D eigenvalue weighted by Crippen LogP contribution is -2.48. The molecule has 1 fully saturated rings. The molecule has 1 aromatic heterocycles. The fraction of sp³-hybridized carbons (Fsp3) is 0.542. The third kappa shape index (κ3) is 5.12. The van der Waals surface area contributed by atoms with Crippen LogP contribution in [0, 0.1) is 11.8 Å². The summed E-state index contributed by atoms with van der Waals surface area (Å²) in [4.78, 5) is 39.0. The van der Waals surface area contributed by atoms with Gasteiger partial charge in [0.1, 0.15) is 6.04 Å². The predicted molar refractivity (Wildman–Crippen MR) is 120 cm³/mol. The molecule has 3 rings (SSSR count). The summed E-state index contributed by atoms with van der Waals surface area (Å²) in [5.41, 5.74) is 7.77. The first-order valence-corrected chi connectivity index (χ1v) is 11.2. The standard InChI is InChI=1S/C24H33N3O5/c1-5-31-24-20(13-22(29)32-24)27(21(28)12-18(15(2)3)23(25)30)11-10-16-14-26(4)19-9-7-6-8-17(16)19/h6-9,14-15,18,20,24H,5,10-13H2,1-4H3,(H2,25,30). The van der Waals surface area contributed by atoms with Crippen LogP contribution in [0.1, 0.15) is 39.2 Å². The van der Waals surface area contributed by atoms with Gasteiger partial charge in [-0.05, 0) is 30.9 Å². The van der Waals surface area contributed by atoms with Gasteiger partial charge in [0, 0.05) is 49.6 Å². The zero-order valence-electron chi connectivity index (χ0n) is 19.2. The molecule has 1 aliphatic rings. The van der Waals surface area contributed by atoms with Gasteiger partial charge in [-0.25, -0.2) is 0 Å². The maximum absolute atomic E-state index is 13.4. The van der Waals surface area contributed by atoms with Crippen molar-refractivity contribution in [3.05, 3.63) is 36.0 Å². The van der Waals surface area contributed by atoms with E-state index in [-0.39, 0.29) is 24.7 Å². The molecule has 174 valence electrons. The summed E-state index contributed by atoms with van der Waals surface area (Å²) in [5.74, 6) is -1.77. The van der Waals surface area contributed by atoms with Gasteiger partial charge in [0.25, 0.3) is 0 Å². The third-order valence-corrected chi connectivity index (χ3v) is 6.16. The number of para-hydroxylation sites is 1. The number of amides is 2. The van der Waals surface area contributed by atoms with Crippen LogP contribution in [0.25, 0.3) is 10.9 Å². The molecule has 0 radical (unpaired) electrons. The van der Waals surface area contributed by atoms with Crippen LogP contribution in [0.15, 0.2) is 30.5 Å². The Bertz CT molecular complexity index is 983. The maximum Gasteiger partial charge on any atom is 0.310 e. The van der Waals surface area contributed by atoms with Crippen molar-refractivity contribution in [3.8, 4) is 0 Å². The normalized spacial score (nSPS) is 19.3. The van der Waals surface area contributed by atoms with E-state index in [1.54, 1.807) is 4.90 Å². The van der Waals surface area contributed by atoms with Crippen LogP contribution in [0.4, 0.5) is 0 Å². The molecule has 2 amide bonds. The highest BCUT2D eigenvalue weighted by Gasteiger charge is 2.42. The van der Waals surface area contributed by atoms with Gasteiger partial charge in [0.05, 0.1) is 6.42 Å². The van der Waals surface area contributed by atoms with E-state index in [0.29, 0.717) is 19.6 Å². The number of carbonyl (C=O) groups is 3. The quantitative estimate of drug-likeness (QED) is 0.568. The van der Waals surface area contributed by atoms with Crippen molar-refractivity contribution in [3.63, 3.8) is 0 Å². The first-order chi connectivity index (χ1) is 15.2. The molecule has 2 aromatic rings. The molecule has 1 aromatic carbocycles. The van der Waals surface area contributed by atoms with E-state index in [4.69, 9.17) is 15.2 Å². The summed E-state index contributed by atoms with van der Waals surface area (Å²) in [6, 6.07) is 7.56. The van der Waals surface area contributed by atoms with Crippen molar-refractivity contribution in [2.24, 2.45) is 24.6 Å². The number of rotatable bonds is 10. The number of hydrogen-bond donors (Lipinski definition) is 1. The summed E-state index contributed by atoms with van der Waals surface area (Å²) in [5, 5.41) is 1.12. The smallest absolute Gasteiger partial charge is 0.310 e. The Labute approximate surface area is 188 Å². The lowest BCUT2D eigenvalue weighted by Gasteiger charge is -2.32. The zero-order chi connectivity index (χ0) is 23.4. The van der Waals surface area contributed by atoms with Crippen molar-refractivity contribution >= 4 is 28.7 Å². The van der Waals surface area contributed by atoms with E-state index < -0.39 is 30.1 Å². The highest BCUT2D eigenvalue weighted by Crippen LogP contribution is 2.27. The molecular formula is C24H33N3O5. The minimum Gasteiger partial charge on any atom is -0.433 e. The molecule has 0 bridgehead atoms. The van der Waals surface area contributed by atoms with Gasteiger partial charge in [-0.3, -0.25) is 14.4 Å². The third-order valence-electron chi connectivity index (χ3n) is 6.16. The van der Waals surface area contributed by atoms with Crippen LogP contribution >= 0.6 is 0 Å². The van der Waals surface area contributed by atoms with E-state index in [1.165, 1.54) is 0 Å². The van der Waals surface area contributed by atoms with Crippen LogP contribution in [0.2, 0.25) is 0 Å². The molecule has 8 heteroatoms. The van der Waals surface area contributed by atoms with Crippen molar-refractivity contribution < 1.29 is 23.9 Å². The fourth-order valence-corrected chi connectivity index (χ4v) is 4.40. The number of primary amides is 1. The molecule has 2 heterocycles. The first-order valence-electron chi connectivity index (χ1n) is 11.2. The van der Waals surface area contributed by atoms with Crippen molar-refractivity contribution in [1.29, 1.82) is 0 Å². The Hall–Kier alpha value is -2.87. The Morgan fingerprint density at radius 1 is 1.31 bits per heavy atom. The second-order valence-corrected chi connectivity index (χ2v) is 8.66. The summed E-state index contributed by atoms with van der Waals surface area (Å²) in [6.07, 6.45) is 1.90. The predicted octanol–water partition coefficient (Wildman–Crippen LogP) is 2.38. The van der Waals surface area contributed by atoms with Gasteiger partial charge in [-0.2, -0.15) is 0 Å². The lowest BCUT2D eigenvalue weighted by atomic mass is 9.91. The van der Waals surface area contributed by atoms with Crippen LogP contribution in [0.5, 0.6) is 0 Å². The van der Waals surface area contributed by atoms with Gasteiger partial charge in [0.15, 0.2) is 0 Å². The zero-order valence-corrected chi connectivity index (χ0v) is 19.2. The van der Waals surface area contributed by atoms with E-state index in [2.05, 4.69) is 22.9 Å². The Balaban J connectivity index is 1.86. The largest absolute Gasteiger partial charge is 0.433 e. The molecule has 1 aliphatic heterocycles. The molecule has 0 saturated carbocycles. The van der Waals surface area contributed by atoms with E-state index >= 15 is 0 Å². The van der Waals surface area contributed by atoms with Gasteiger partial charge < -0.3 is 24.7 Å². The summed E-state index contributed by atoms with van der Waals surface area (Å²) >= 11 is 0. The molecule has 0 aliphatic carbocycles. The number of cyclic esters (lactones) is 1. The molecule has 2 N–H and O–H groups in total. The molecule has 32 heavy (non-hydrogen) atoms. The van der Waals surface area contributed by atoms with Crippen molar-refractivity contribution in [2.75, 3.05) is 13.2 Å². The van der Waals surface area contributed by atoms with Crippen molar-refractivity contribution in [1.82, 2.24) is 9.47 Å².